The van der Waals surface area contributed by atoms with Crippen molar-refractivity contribution in [2.24, 2.45) is 0 Å². The van der Waals surface area contributed by atoms with Gasteiger partial charge in [0.25, 0.3) is 5.91 Å². The summed E-state index contributed by atoms with van der Waals surface area (Å²) in [6.45, 7) is 1.75. The second-order valence-corrected chi connectivity index (χ2v) is 4.24. The van der Waals surface area contributed by atoms with Gasteiger partial charge in [-0.3, -0.25) is 9.59 Å². The molecule has 1 N–H and O–H groups in total. The third-order valence-electron chi connectivity index (χ3n) is 2.83. The molecule has 1 amide bonds. The molecule has 0 aromatic heterocycles. The van der Waals surface area contributed by atoms with E-state index in [1.54, 1.807) is 0 Å². The van der Waals surface area contributed by atoms with E-state index in [4.69, 9.17) is 0 Å². The van der Waals surface area contributed by atoms with Gasteiger partial charge in [-0.05, 0) is 22.8 Å². The Morgan fingerprint density at radius 3 is 2.50 bits per heavy atom. The molecule has 0 spiro atoms. The first-order chi connectivity index (χ1) is 8.66. The Kier molecular flexibility index (Phi) is 3.72. The summed E-state index contributed by atoms with van der Waals surface area (Å²) in [4.78, 5) is 21.8. The van der Waals surface area contributed by atoms with E-state index in [0.717, 1.165) is 12.0 Å². The molecule has 2 aromatic carbocycles. The lowest BCUT2D eigenvalue weighted by Gasteiger charge is -2.05. The fourth-order valence-electron chi connectivity index (χ4n) is 1.84. The summed E-state index contributed by atoms with van der Waals surface area (Å²) < 4.78 is 0. The van der Waals surface area contributed by atoms with Crippen molar-refractivity contribution >= 4 is 22.5 Å². The lowest BCUT2D eigenvalue weighted by atomic mass is 10.1. The number of benzene rings is 2. The maximum Gasteiger partial charge on any atom is 0.287 e. The van der Waals surface area contributed by atoms with Crippen molar-refractivity contribution < 1.29 is 9.59 Å². The first-order valence-electron chi connectivity index (χ1n) is 5.93. The molecule has 0 aliphatic carbocycles. The molecule has 2 rings (SSSR count). The van der Waals surface area contributed by atoms with Gasteiger partial charge >= 0.3 is 0 Å². The zero-order chi connectivity index (χ0) is 13.0. The number of ketones is 1. The molecule has 0 fully saturated rings. The highest BCUT2D eigenvalue weighted by Crippen LogP contribution is 2.15. The molecule has 2 aromatic rings. The number of amides is 1. The van der Waals surface area contributed by atoms with Crippen LogP contribution < -0.4 is 5.32 Å². The van der Waals surface area contributed by atoms with E-state index in [9.17, 15) is 9.59 Å². The molecule has 18 heavy (non-hydrogen) atoms. The summed E-state index contributed by atoms with van der Waals surface area (Å²) in [5.41, 5.74) is 1.15. The number of fused-ring (bicyclic) bond motifs is 1. The first-order valence-corrected chi connectivity index (χ1v) is 5.93. The van der Waals surface area contributed by atoms with E-state index < -0.39 is 11.7 Å². The van der Waals surface area contributed by atoms with Crippen molar-refractivity contribution in [3.63, 3.8) is 0 Å². The van der Waals surface area contributed by atoms with Crippen LogP contribution in [0.2, 0.25) is 0 Å². The monoisotopic (exact) mass is 241 g/mol. The minimum absolute atomic E-state index is 0.450. The van der Waals surface area contributed by atoms with E-state index in [1.165, 1.54) is 17.7 Å². The highest BCUT2D eigenvalue weighted by atomic mass is 16.2. The predicted octanol–water partition coefficient (Wildman–Crippen LogP) is 2.09. The number of Topliss-reactive ketones (excluding diaryl/α,β-unsaturated/α-hetero) is 1. The molecule has 3 nitrogen and oxygen atoms in total. The first kappa shape index (κ1) is 12.3. The fraction of sp³-hybridized carbons (Fsp3) is 0.200. The van der Waals surface area contributed by atoms with E-state index in [2.05, 4.69) is 29.6 Å². The number of hydrogen-bond acceptors (Lipinski definition) is 2. The second kappa shape index (κ2) is 5.45. The summed E-state index contributed by atoms with van der Waals surface area (Å²) in [7, 11) is 0. The van der Waals surface area contributed by atoms with Crippen LogP contribution in [0.5, 0.6) is 0 Å². The van der Waals surface area contributed by atoms with Gasteiger partial charge in [-0.15, -0.1) is 0 Å². The van der Waals surface area contributed by atoms with Gasteiger partial charge in [-0.25, -0.2) is 0 Å². The topological polar surface area (TPSA) is 46.2 Å². The highest BCUT2D eigenvalue weighted by molar-refractivity contribution is 6.35. The second-order valence-electron chi connectivity index (χ2n) is 4.24. The van der Waals surface area contributed by atoms with E-state index in [0.29, 0.717) is 6.54 Å². The molecule has 92 valence electrons. The Bertz CT molecular complexity index is 590. The van der Waals surface area contributed by atoms with Crippen molar-refractivity contribution in [3.05, 3.63) is 48.0 Å². The van der Waals surface area contributed by atoms with E-state index in [-0.39, 0.29) is 0 Å². The molecule has 0 radical (unpaired) electrons. The number of hydrogen-bond donors (Lipinski definition) is 1. The molecule has 0 aliphatic heterocycles. The zero-order valence-electron chi connectivity index (χ0n) is 10.3. The maximum atomic E-state index is 11.1. The van der Waals surface area contributed by atoms with Gasteiger partial charge in [-0.1, -0.05) is 42.5 Å². The number of nitrogens with one attached hydrogen (secondary N) is 1. The van der Waals surface area contributed by atoms with Crippen LogP contribution in [-0.4, -0.2) is 18.2 Å². The smallest absolute Gasteiger partial charge is 0.287 e. The van der Waals surface area contributed by atoms with Gasteiger partial charge in [0.05, 0.1) is 0 Å². The molecule has 0 atom stereocenters. The normalized spacial score (nSPS) is 10.3. The minimum Gasteiger partial charge on any atom is -0.349 e. The average Bonchev–Trinajstić information content (AvgIpc) is 2.38. The van der Waals surface area contributed by atoms with Crippen LogP contribution in [0.4, 0.5) is 0 Å². The van der Waals surface area contributed by atoms with Gasteiger partial charge in [-0.2, -0.15) is 0 Å². The summed E-state index contributed by atoms with van der Waals surface area (Å²) >= 11 is 0. The van der Waals surface area contributed by atoms with Crippen LogP contribution in [0.3, 0.4) is 0 Å². The Balaban J connectivity index is 2.00. The molecule has 0 aliphatic rings. The Hall–Kier alpha value is -2.16. The van der Waals surface area contributed by atoms with Crippen molar-refractivity contribution in [3.8, 4) is 0 Å². The summed E-state index contributed by atoms with van der Waals surface area (Å²) in [5, 5.41) is 4.98. The van der Waals surface area contributed by atoms with Crippen molar-refractivity contribution in [2.45, 2.75) is 13.3 Å². The van der Waals surface area contributed by atoms with Crippen molar-refractivity contribution in [1.29, 1.82) is 0 Å². The van der Waals surface area contributed by atoms with E-state index >= 15 is 0 Å². The summed E-state index contributed by atoms with van der Waals surface area (Å²) in [6.07, 6.45) is 0.726. The summed E-state index contributed by atoms with van der Waals surface area (Å²) in [6, 6.07) is 14.4. The average molecular weight is 241 g/mol. The fourth-order valence-corrected chi connectivity index (χ4v) is 1.84. The lowest BCUT2D eigenvalue weighted by Crippen LogP contribution is -2.30. The van der Waals surface area contributed by atoms with Gasteiger partial charge in [0, 0.05) is 13.5 Å². The quantitative estimate of drug-likeness (QED) is 0.833. The number of carbonyl (C=O) groups is 2. The largest absolute Gasteiger partial charge is 0.349 e. The van der Waals surface area contributed by atoms with E-state index in [1.807, 2.05) is 18.2 Å². The number of carbonyl (C=O) groups excluding carboxylic acids is 2. The molecule has 0 heterocycles. The minimum atomic E-state index is -0.518. The van der Waals surface area contributed by atoms with Gasteiger partial charge in [0.2, 0.25) is 5.78 Å². The third kappa shape index (κ3) is 2.94. The van der Waals surface area contributed by atoms with Gasteiger partial charge in [0.15, 0.2) is 0 Å². The van der Waals surface area contributed by atoms with Crippen molar-refractivity contribution in [1.82, 2.24) is 5.32 Å². The Morgan fingerprint density at radius 1 is 1.06 bits per heavy atom. The zero-order valence-corrected chi connectivity index (χ0v) is 10.3. The van der Waals surface area contributed by atoms with Gasteiger partial charge < -0.3 is 5.32 Å². The predicted molar refractivity (Wildman–Crippen MR) is 71.3 cm³/mol. The molecule has 0 saturated carbocycles. The maximum absolute atomic E-state index is 11.1. The molecule has 0 saturated heterocycles. The molecule has 0 bridgehead atoms. The Labute approximate surface area is 106 Å². The molecular weight excluding hydrogens is 226 g/mol. The number of rotatable bonds is 4. The van der Waals surface area contributed by atoms with Crippen LogP contribution in [0, 0.1) is 0 Å². The summed E-state index contributed by atoms with van der Waals surface area (Å²) in [5.74, 6) is -0.968. The molecular formula is C15H15NO2. The van der Waals surface area contributed by atoms with Crippen LogP contribution in [-0.2, 0) is 16.0 Å². The molecule has 3 heteroatoms. The van der Waals surface area contributed by atoms with Crippen LogP contribution in [0.25, 0.3) is 10.8 Å². The van der Waals surface area contributed by atoms with Crippen molar-refractivity contribution in [2.75, 3.05) is 6.54 Å². The van der Waals surface area contributed by atoms with Gasteiger partial charge in [0.1, 0.15) is 0 Å². The third-order valence-corrected chi connectivity index (χ3v) is 2.83. The Morgan fingerprint density at radius 2 is 1.78 bits per heavy atom. The SMILES string of the molecule is CC(=O)C(=O)NCCc1ccc2ccccc2c1. The molecule has 0 unspecified atom stereocenters. The van der Waals surface area contributed by atoms with Crippen LogP contribution in [0.15, 0.2) is 42.5 Å². The lowest BCUT2D eigenvalue weighted by molar-refractivity contribution is -0.136. The standard InChI is InChI=1S/C15H15NO2/c1-11(17)15(18)16-9-8-12-6-7-13-4-2-3-5-14(13)10-12/h2-7,10H,8-9H2,1H3,(H,16,18). The van der Waals surface area contributed by atoms with Crippen LogP contribution in [0.1, 0.15) is 12.5 Å². The highest BCUT2D eigenvalue weighted by Gasteiger charge is 2.05. The van der Waals surface area contributed by atoms with Crippen LogP contribution >= 0.6 is 0 Å².